The molecule has 0 aliphatic heterocycles. The smallest absolute Gasteiger partial charge is 0.128 e. The summed E-state index contributed by atoms with van der Waals surface area (Å²) in [6, 6.07) is 12.7. The molecule has 0 heterocycles. The van der Waals surface area contributed by atoms with Gasteiger partial charge in [-0.05, 0) is 24.2 Å². The fourth-order valence-corrected chi connectivity index (χ4v) is 2.06. The predicted molar refractivity (Wildman–Crippen MR) is 74.2 cm³/mol. The largest absolute Gasteiger partial charge is 0.313 e. The van der Waals surface area contributed by atoms with Crippen LogP contribution < -0.4 is 5.32 Å². The molecule has 1 nitrogen and oxygen atoms in total. The van der Waals surface area contributed by atoms with E-state index in [2.05, 4.69) is 5.32 Å². The van der Waals surface area contributed by atoms with Crippen LogP contribution in [0.2, 0.25) is 5.02 Å². The van der Waals surface area contributed by atoms with Gasteiger partial charge in [0.2, 0.25) is 0 Å². The van der Waals surface area contributed by atoms with Crippen molar-refractivity contribution in [2.45, 2.75) is 13.5 Å². The van der Waals surface area contributed by atoms with Gasteiger partial charge in [-0.25, -0.2) is 4.39 Å². The number of hydrogen-bond acceptors (Lipinski definition) is 1. The molecule has 0 amide bonds. The average molecular weight is 264 g/mol. The van der Waals surface area contributed by atoms with E-state index >= 15 is 0 Å². The van der Waals surface area contributed by atoms with Crippen LogP contribution in [0.4, 0.5) is 4.39 Å². The number of halogens is 2. The van der Waals surface area contributed by atoms with Gasteiger partial charge in [-0.2, -0.15) is 0 Å². The summed E-state index contributed by atoms with van der Waals surface area (Å²) in [6.45, 7) is 3.37. The molecule has 0 saturated carbocycles. The van der Waals surface area contributed by atoms with Crippen molar-refractivity contribution >= 4 is 11.6 Å². The minimum absolute atomic E-state index is 0.201. The van der Waals surface area contributed by atoms with Crippen molar-refractivity contribution < 1.29 is 4.39 Å². The zero-order valence-electron chi connectivity index (χ0n) is 10.2. The van der Waals surface area contributed by atoms with Crippen LogP contribution in [0.1, 0.15) is 12.5 Å². The zero-order valence-corrected chi connectivity index (χ0v) is 11.0. The third kappa shape index (κ3) is 2.89. The second kappa shape index (κ2) is 5.98. The third-order valence-corrected chi connectivity index (χ3v) is 3.13. The first-order valence-electron chi connectivity index (χ1n) is 5.96. The van der Waals surface area contributed by atoms with Crippen LogP contribution in [-0.4, -0.2) is 6.54 Å². The van der Waals surface area contributed by atoms with Gasteiger partial charge >= 0.3 is 0 Å². The van der Waals surface area contributed by atoms with E-state index in [9.17, 15) is 4.39 Å². The molecule has 2 rings (SSSR count). The Kier molecular flexibility index (Phi) is 4.34. The Labute approximate surface area is 112 Å². The fourth-order valence-electron chi connectivity index (χ4n) is 1.81. The monoisotopic (exact) mass is 263 g/mol. The van der Waals surface area contributed by atoms with Gasteiger partial charge in [0.25, 0.3) is 0 Å². The summed E-state index contributed by atoms with van der Waals surface area (Å²) in [5.74, 6) is -0.201. The molecule has 18 heavy (non-hydrogen) atoms. The second-order valence-electron chi connectivity index (χ2n) is 4.07. The lowest BCUT2D eigenvalue weighted by Gasteiger charge is -2.08. The fraction of sp³-hybridized carbons (Fsp3) is 0.200. The first-order valence-corrected chi connectivity index (χ1v) is 6.34. The quantitative estimate of drug-likeness (QED) is 0.869. The molecule has 0 unspecified atom stereocenters. The number of nitrogens with one attached hydrogen (secondary N) is 1. The van der Waals surface area contributed by atoms with Crippen molar-refractivity contribution in [3.05, 3.63) is 58.9 Å². The number of rotatable bonds is 4. The Balaban J connectivity index is 2.32. The molecule has 0 fully saturated rings. The average Bonchev–Trinajstić information content (AvgIpc) is 2.38. The Morgan fingerprint density at radius 3 is 2.61 bits per heavy atom. The van der Waals surface area contributed by atoms with Crippen LogP contribution in [0.5, 0.6) is 0 Å². The van der Waals surface area contributed by atoms with Crippen LogP contribution >= 0.6 is 11.6 Å². The molecule has 0 aliphatic carbocycles. The van der Waals surface area contributed by atoms with E-state index in [0.717, 1.165) is 17.7 Å². The van der Waals surface area contributed by atoms with E-state index in [1.165, 1.54) is 6.07 Å². The number of benzene rings is 2. The molecular weight excluding hydrogens is 249 g/mol. The summed E-state index contributed by atoms with van der Waals surface area (Å²) in [7, 11) is 0. The Morgan fingerprint density at radius 2 is 1.94 bits per heavy atom. The minimum Gasteiger partial charge on any atom is -0.313 e. The zero-order chi connectivity index (χ0) is 13.0. The highest BCUT2D eigenvalue weighted by atomic mass is 35.5. The van der Waals surface area contributed by atoms with Crippen molar-refractivity contribution in [3.63, 3.8) is 0 Å². The second-order valence-corrected chi connectivity index (χ2v) is 4.47. The Morgan fingerprint density at radius 1 is 1.17 bits per heavy atom. The number of hydrogen-bond donors (Lipinski definition) is 1. The highest BCUT2D eigenvalue weighted by Gasteiger charge is 2.07. The maximum absolute atomic E-state index is 13.9. The third-order valence-electron chi connectivity index (χ3n) is 2.80. The van der Waals surface area contributed by atoms with Gasteiger partial charge in [0.1, 0.15) is 5.82 Å². The Bertz CT molecular complexity index is 540. The van der Waals surface area contributed by atoms with Crippen molar-refractivity contribution in [3.8, 4) is 11.1 Å². The predicted octanol–water partition coefficient (Wildman–Crippen LogP) is 4.26. The van der Waals surface area contributed by atoms with E-state index in [4.69, 9.17) is 11.6 Å². The van der Waals surface area contributed by atoms with Crippen LogP contribution in [0.25, 0.3) is 11.1 Å². The SMILES string of the molecule is CCNCc1ccc(-c2ccccc2Cl)cc1F. The van der Waals surface area contributed by atoms with Crippen molar-refractivity contribution in [2.24, 2.45) is 0 Å². The molecule has 0 saturated heterocycles. The van der Waals surface area contributed by atoms with E-state index in [1.54, 1.807) is 12.1 Å². The van der Waals surface area contributed by atoms with E-state index < -0.39 is 0 Å². The molecule has 0 spiro atoms. The lowest BCUT2D eigenvalue weighted by Crippen LogP contribution is -2.12. The van der Waals surface area contributed by atoms with Crippen LogP contribution in [0.3, 0.4) is 0 Å². The minimum atomic E-state index is -0.201. The van der Waals surface area contributed by atoms with Crippen molar-refractivity contribution in [2.75, 3.05) is 6.54 Å². The summed E-state index contributed by atoms with van der Waals surface area (Å²) >= 11 is 6.10. The van der Waals surface area contributed by atoms with Crippen LogP contribution in [-0.2, 0) is 6.54 Å². The van der Waals surface area contributed by atoms with Crippen LogP contribution in [0, 0.1) is 5.82 Å². The van der Waals surface area contributed by atoms with Gasteiger partial charge in [0.15, 0.2) is 0 Å². The van der Waals surface area contributed by atoms with Gasteiger partial charge in [-0.3, -0.25) is 0 Å². The van der Waals surface area contributed by atoms with E-state index in [0.29, 0.717) is 17.1 Å². The molecule has 3 heteroatoms. The lowest BCUT2D eigenvalue weighted by atomic mass is 10.0. The Hall–Kier alpha value is -1.38. The summed E-state index contributed by atoms with van der Waals surface area (Å²) in [4.78, 5) is 0. The van der Waals surface area contributed by atoms with E-state index in [-0.39, 0.29) is 5.82 Å². The molecular formula is C15H15ClFN. The summed E-state index contributed by atoms with van der Waals surface area (Å²) in [5.41, 5.74) is 2.33. The normalized spacial score (nSPS) is 10.6. The molecule has 2 aromatic rings. The maximum atomic E-state index is 13.9. The standard InChI is InChI=1S/C15H15ClFN/c1-2-18-10-12-8-7-11(9-15(12)17)13-5-3-4-6-14(13)16/h3-9,18H,2,10H2,1H3. The van der Waals surface area contributed by atoms with Crippen molar-refractivity contribution in [1.82, 2.24) is 5.32 Å². The maximum Gasteiger partial charge on any atom is 0.128 e. The van der Waals surface area contributed by atoms with Crippen LogP contribution in [0.15, 0.2) is 42.5 Å². The highest BCUT2D eigenvalue weighted by Crippen LogP contribution is 2.28. The molecule has 0 aromatic heterocycles. The summed E-state index contributed by atoms with van der Waals surface area (Å²) < 4.78 is 13.9. The first kappa shape index (κ1) is 13.1. The molecule has 1 N–H and O–H groups in total. The molecule has 0 bridgehead atoms. The van der Waals surface area contributed by atoms with Gasteiger partial charge < -0.3 is 5.32 Å². The lowest BCUT2D eigenvalue weighted by molar-refractivity contribution is 0.594. The highest BCUT2D eigenvalue weighted by molar-refractivity contribution is 6.33. The van der Waals surface area contributed by atoms with Gasteiger partial charge in [0.05, 0.1) is 0 Å². The van der Waals surface area contributed by atoms with E-state index in [1.807, 2.05) is 31.2 Å². The topological polar surface area (TPSA) is 12.0 Å². The first-order chi connectivity index (χ1) is 8.72. The molecule has 0 radical (unpaired) electrons. The molecule has 0 atom stereocenters. The summed E-state index contributed by atoms with van der Waals surface area (Å²) in [5, 5.41) is 3.75. The van der Waals surface area contributed by atoms with Crippen molar-refractivity contribution in [1.29, 1.82) is 0 Å². The summed E-state index contributed by atoms with van der Waals surface area (Å²) in [6.07, 6.45) is 0. The van der Waals surface area contributed by atoms with Gasteiger partial charge in [0, 0.05) is 22.7 Å². The molecule has 94 valence electrons. The molecule has 2 aromatic carbocycles. The van der Waals surface area contributed by atoms with Gasteiger partial charge in [-0.1, -0.05) is 48.9 Å². The molecule has 0 aliphatic rings. The van der Waals surface area contributed by atoms with Gasteiger partial charge in [-0.15, -0.1) is 0 Å².